The molecule has 0 radical (unpaired) electrons. The van der Waals surface area contributed by atoms with E-state index < -0.39 is 6.04 Å². The number of aromatic nitrogens is 2. The summed E-state index contributed by atoms with van der Waals surface area (Å²) < 4.78 is 7.25. The van der Waals surface area contributed by atoms with Crippen LogP contribution in [0.2, 0.25) is 0 Å². The van der Waals surface area contributed by atoms with Crippen molar-refractivity contribution in [1.82, 2.24) is 14.5 Å². The zero-order chi connectivity index (χ0) is 25.7. The van der Waals surface area contributed by atoms with Crippen LogP contribution in [0.3, 0.4) is 0 Å². The first-order valence-electron chi connectivity index (χ1n) is 12.4. The number of ether oxygens (including phenoxy) is 1. The lowest BCUT2D eigenvalue weighted by Gasteiger charge is -2.31. The van der Waals surface area contributed by atoms with E-state index in [0.29, 0.717) is 47.6 Å². The summed E-state index contributed by atoms with van der Waals surface area (Å²) >= 11 is 0. The van der Waals surface area contributed by atoms with Crippen molar-refractivity contribution in [1.29, 1.82) is 0 Å². The van der Waals surface area contributed by atoms with Gasteiger partial charge in [0.15, 0.2) is 0 Å². The molecule has 4 rings (SSSR count). The molecule has 3 aromatic carbocycles. The molecule has 0 aliphatic rings. The first-order valence-corrected chi connectivity index (χ1v) is 12.4. The Hall–Kier alpha value is -3.93. The van der Waals surface area contributed by atoms with E-state index in [2.05, 4.69) is 6.92 Å². The predicted molar refractivity (Wildman–Crippen MR) is 144 cm³/mol. The number of benzene rings is 3. The third-order valence-corrected chi connectivity index (χ3v) is 6.47. The van der Waals surface area contributed by atoms with Crippen LogP contribution in [0.25, 0.3) is 16.6 Å². The molecular formula is C30H33N3O3. The summed E-state index contributed by atoms with van der Waals surface area (Å²) in [4.78, 5) is 34.1. The number of rotatable bonds is 9. The van der Waals surface area contributed by atoms with E-state index in [1.54, 1.807) is 17.7 Å². The Kier molecular flexibility index (Phi) is 7.84. The van der Waals surface area contributed by atoms with Crippen molar-refractivity contribution >= 4 is 16.8 Å². The van der Waals surface area contributed by atoms with Crippen LogP contribution in [-0.2, 0) is 11.2 Å². The average Bonchev–Trinajstić information content (AvgIpc) is 2.90. The van der Waals surface area contributed by atoms with Crippen LogP contribution in [0, 0.1) is 6.92 Å². The highest BCUT2D eigenvalue weighted by molar-refractivity contribution is 5.79. The van der Waals surface area contributed by atoms with Crippen LogP contribution in [0.15, 0.2) is 77.6 Å². The van der Waals surface area contributed by atoms with E-state index in [1.165, 1.54) is 0 Å². The third-order valence-electron chi connectivity index (χ3n) is 6.47. The molecule has 0 spiro atoms. The number of aryl methyl sites for hydroxylation is 2. The average molecular weight is 484 g/mol. The van der Waals surface area contributed by atoms with Gasteiger partial charge in [-0.2, -0.15) is 0 Å². The van der Waals surface area contributed by atoms with Gasteiger partial charge in [-0.25, -0.2) is 4.98 Å². The lowest BCUT2D eigenvalue weighted by molar-refractivity contribution is -0.133. The molecule has 6 heteroatoms. The van der Waals surface area contributed by atoms with Gasteiger partial charge in [0.1, 0.15) is 11.6 Å². The highest BCUT2D eigenvalue weighted by Crippen LogP contribution is 2.29. The fourth-order valence-corrected chi connectivity index (χ4v) is 4.59. The second-order valence-corrected chi connectivity index (χ2v) is 9.05. The van der Waals surface area contributed by atoms with Crippen LogP contribution >= 0.6 is 0 Å². The minimum atomic E-state index is -0.421. The van der Waals surface area contributed by atoms with Gasteiger partial charge < -0.3 is 9.64 Å². The summed E-state index contributed by atoms with van der Waals surface area (Å²) in [7, 11) is 1.59. The number of hydrogen-bond acceptors (Lipinski definition) is 4. The number of methoxy groups -OCH3 is 1. The van der Waals surface area contributed by atoms with Crippen LogP contribution in [0.4, 0.5) is 0 Å². The third kappa shape index (κ3) is 5.18. The van der Waals surface area contributed by atoms with Crippen molar-refractivity contribution < 1.29 is 9.53 Å². The molecule has 36 heavy (non-hydrogen) atoms. The SMILES string of the molecule is CCCN(C(=O)CCc1ccccc1)C(C)c1nc2ccccc2c(=O)n1-c1cc(C)ccc1OC. The largest absolute Gasteiger partial charge is 0.495 e. The minimum absolute atomic E-state index is 0.0402. The molecule has 0 bridgehead atoms. The molecule has 1 heterocycles. The zero-order valence-corrected chi connectivity index (χ0v) is 21.4. The van der Waals surface area contributed by atoms with Crippen LogP contribution in [-0.4, -0.2) is 34.0 Å². The van der Waals surface area contributed by atoms with Crippen molar-refractivity contribution in [2.45, 2.75) is 46.1 Å². The second kappa shape index (κ2) is 11.2. The lowest BCUT2D eigenvalue weighted by atomic mass is 10.1. The van der Waals surface area contributed by atoms with E-state index in [9.17, 15) is 9.59 Å². The number of nitrogens with zero attached hydrogens (tertiary/aromatic N) is 3. The van der Waals surface area contributed by atoms with Gasteiger partial charge in [-0.1, -0.05) is 55.5 Å². The Morgan fingerprint density at radius 1 is 1.06 bits per heavy atom. The quantitative estimate of drug-likeness (QED) is 0.309. The molecular weight excluding hydrogens is 450 g/mol. The minimum Gasteiger partial charge on any atom is -0.495 e. The molecule has 0 aliphatic heterocycles. The van der Waals surface area contributed by atoms with Crippen molar-refractivity contribution in [3.8, 4) is 11.4 Å². The number of hydrogen-bond donors (Lipinski definition) is 0. The number of para-hydroxylation sites is 1. The lowest BCUT2D eigenvalue weighted by Crippen LogP contribution is -2.38. The van der Waals surface area contributed by atoms with Gasteiger partial charge in [0.25, 0.3) is 5.56 Å². The monoisotopic (exact) mass is 483 g/mol. The fraction of sp³-hybridized carbons (Fsp3) is 0.300. The van der Waals surface area contributed by atoms with Crippen LogP contribution in [0.1, 0.15) is 49.7 Å². The number of carbonyl (C=O) groups is 1. The Bertz CT molecular complexity index is 1410. The fourth-order valence-electron chi connectivity index (χ4n) is 4.59. The van der Waals surface area contributed by atoms with Gasteiger partial charge in [-0.3, -0.25) is 14.2 Å². The van der Waals surface area contributed by atoms with Crippen molar-refractivity contribution in [3.63, 3.8) is 0 Å². The first kappa shape index (κ1) is 25.2. The maximum absolute atomic E-state index is 13.9. The summed E-state index contributed by atoms with van der Waals surface area (Å²) in [6.45, 7) is 6.55. The normalized spacial score (nSPS) is 11.9. The summed E-state index contributed by atoms with van der Waals surface area (Å²) in [6.07, 6.45) is 1.85. The van der Waals surface area contributed by atoms with Gasteiger partial charge in [0.2, 0.25) is 5.91 Å². The summed E-state index contributed by atoms with van der Waals surface area (Å²) in [5, 5.41) is 0.523. The van der Waals surface area contributed by atoms with Crippen LogP contribution < -0.4 is 10.3 Å². The molecule has 0 saturated carbocycles. The molecule has 0 aliphatic carbocycles. The molecule has 1 amide bonds. The first-order chi connectivity index (χ1) is 17.4. The molecule has 0 saturated heterocycles. The van der Waals surface area contributed by atoms with Gasteiger partial charge in [-0.05, 0) is 62.1 Å². The highest BCUT2D eigenvalue weighted by atomic mass is 16.5. The van der Waals surface area contributed by atoms with E-state index in [-0.39, 0.29) is 11.5 Å². The number of fused-ring (bicyclic) bond motifs is 1. The number of amides is 1. The second-order valence-electron chi connectivity index (χ2n) is 9.05. The molecule has 6 nitrogen and oxygen atoms in total. The summed E-state index contributed by atoms with van der Waals surface area (Å²) in [6, 6.07) is 22.7. The molecule has 0 N–H and O–H groups in total. The maximum atomic E-state index is 13.9. The highest BCUT2D eigenvalue weighted by Gasteiger charge is 2.27. The Labute approximate surface area is 212 Å². The molecule has 1 aromatic heterocycles. The Morgan fingerprint density at radius 2 is 1.78 bits per heavy atom. The smallest absolute Gasteiger partial charge is 0.266 e. The molecule has 1 atom stereocenters. The predicted octanol–water partition coefficient (Wildman–Crippen LogP) is 5.64. The molecule has 4 aromatic rings. The van der Waals surface area contributed by atoms with Gasteiger partial charge >= 0.3 is 0 Å². The van der Waals surface area contributed by atoms with E-state index in [0.717, 1.165) is 17.5 Å². The van der Waals surface area contributed by atoms with Gasteiger partial charge in [0.05, 0.1) is 29.7 Å². The summed E-state index contributed by atoms with van der Waals surface area (Å²) in [5.41, 5.74) is 3.17. The topological polar surface area (TPSA) is 64.4 Å². The molecule has 186 valence electrons. The van der Waals surface area contributed by atoms with Crippen molar-refractivity contribution in [2.24, 2.45) is 0 Å². The van der Waals surface area contributed by atoms with Crippen molar-refractivity contribution in [3.05, 3.63) is 100 Å². The molecule has 0 fully saturated rings. The van der Waals surface area contributed by atoms with E-state index in [1.807, 2.05) is 85.5 Å². The Balaban J connectivity index is 1.82. The number of carbonyl (C=O) groups excluding carboxylic acids is 1. The zero-order valence-electron chi connectivity index (χ0n) is 21.4. The van der Waals surface area contributed by atoms with Crippen LogP contribution in [0.5, 0.6) is 5.75 Å². The van der Waals surface area contributed by atoms with Gasteiger partial charge in [0, 0.05) is 13.0 Å². The van der Waals surface area contributed by atoms with E-state index >= 15 is 0 Å². The van der Waals surface area contributed by atoms with Gasteiger partial charge in [-0.15, -0.1) is 0 Å². The summed E-state index contributed by atoms with van der Waals surface area (Å²) in [5.74, 6) is 1.13. The Morgan fingerprint density at radius 3 is 2.50 bits per heavy atom. The standard InChI is InChI=1S/C30H33N3O3/c1-5-19-32(28(34)18-16-23-11-7-6-8-12-23)22(3)29-31-25-14-10-9-13-24(25)30(35)33(29)26-20-21(2)15-17-27(26)36-4/h6-15,17,20,22H,5,16,18-19H2,1-4H3. The molecule has 1 unspecified atom stereocenters. The van der Waals surface area contributed by atoms with Crippen molar-refractivity contribution in [2.75, 3.05) is 13.7 Å². The van der Waals surface area contributed by atoms with E-state index in [4.69, 9.17) is 9.72 Å². The maximum Gasteiger partial charge on any atom is 0.266 e.